The molecule has 0 atom stereocenters. The maximum absolute atomic E-state index is 13.5. The van der Waals surface area contributed by atoms with Crippen LogP contribution in [0.25, 0.3) is 0 Å². The summed E-state index contributed by atoms with van der Waals surface area (Å²) in [6.45, 7) is 1.76. The first kappa shape index (κ1) is 13.6. The summed E-state index contributed by atoms with van der Waals surface area (Å²) < 4.78 is 13.5. The van der Waals surface area contributed by atoms with Crippen LogP contribution in [0, 0.1) is 12.7 Å². The molecule has 0 spiro atoms. The van der Waals surface area contributed by atoms with Crippen molar-refractivity contribution in [2.45, 2.75) is 17.6 Å². The fourth-order valence-corrected chi connectivity index (χ4v) is 2.62. The van der Waals surface area contributed by atoms with Gasteiger partial charge in [-0.1, -0.05) is 24.3 Å². The van der Waals surface area contributed by atoms with Gasteiger partial charge in [0.15, 0.2) is 0 Å². The minimum absolute atomic E-state index is 0.236. The second-order valence-corrected chi connectivity index (χ2v) is 5.21. The van der Waals surface area contributed by atoms with Gasteiger partial charge in [0.05, 0.1) is 5.56 Å². The molecular formula is C15H13FO2S. The third-order valence-corrected chi connectivity index (χ3v) is 3.83. The number of hydrogen-bond acceptors (Lipinski definition) is 2. The minimum Gasteiger partial charge on any atom is -0.478 e. The van der Waals surface area contributed by atoms with Crippen LogP contribution >= 0.6 is 11.8 Å². The predicted octanol–water partition coefficient (Wildman–Crippen LogP) is 4.12. The van der Waals surface area contributed by atoms with Gasteiger partial charge in [0.25, 0.3) is 0 Å². The van der Waals surface area contributed by atoms with Crippen molar-refractivity contribution in [1.82, 2.24) is 0 Å². The van der Waals surface area contributed by atoms with E-state index in [0.717, 1.165) is 10.5 Å². The van der Waals surface area contributed by atoms with E-state index in [0.29, 0.717) is 16.9 Å². The number of hydrogen-bond donors (Lipinski definition) is 1. The van der Waals surface area contributed by atoms with E-state index in [2.05, 4.69) is 0 Å². The molecule has 98 valence electrons. The molecule has 1 N–H and O–H groups in total. The second-order valence-electron chi connectivity index (χ2n) is 4.16. The van der Waals surface area contributed by atoms with Crippen LogP contribution in [0.15, 0.2) is 47.4 Å². The lowest BCUT2D eigenvalue weighted by Gasteiger charge is -2.06. The highest BCUT2D eigenvalue weighted by molar-refractivity contribution is 7.98. The number of carbonyl (C=O) groups is 1. The first-order valence-corrected chi connectivity index (χ1v) is 6.76. The molecule has 0 saturated heterocycles. The molecule has 0 unspecified atom stereocenters. The zero-order valence-electron chi connectivity index (χ0n) is 10.4. The fraction of sp³-hybridized carbons (Fsp3) is 0.133. The molecule has 2 aromatic carbocycles. The maximum Gasteiger partial charge on any atom is 0.335 e. The molecule has 0 radical (unpaired) electrons. The SMILES string of the molecule is Cc1ccc(SCc2ccccc2F)cc1C(=O)O. The molecule has 4 heteroatoms. The van der Waals surface area contributed by atoms with Crippen LogP contribution in [0.3, 0.4) is 0 Å². The topological polar surface area (TPSA) is 37.3 Å². The Morgan fingerprint density at radius 1 is 1.26 bits per heavy atom. The molecule has 0 aromatic heterocycles. The van der Waals surface area contributed by atoms with Crippen molar-refractivity contribution in [2.24, 2.45) is 0 Å². The summed E-state index contributed by atoms with van der Waals surface area (Å²) in [5, 5.41) is 9.05. The zero-order valence-corrected chi connectivity index (χ0v) is 11.2. The number of benzene rings is 2. The Morgan fingerprint density at radius 3 is 2.68 bits per heavy atom. The summed E-state index contributed by atoms with van der Waals surface area (Å²) in [5.74, 6) is -0.694. The number of rotatable bonds is 4. The van der Waals surface area contributed by atoms with E-state index in [9.17, 15) is 9.18 Å². The highest BCUT2D eigenvalue weighted by Gasteiger charge is 2.08. The molecule has 0 aliphatic rings. The average Bonchev–Trinajstić information content (AvgIpc) is 2.39. The van der Waals surface area contributed by atoms with Crippen LogP contribution in [0.4, 0.5) is 4.39 Å². The molecule has 2 rings (SSSR count). The van der Waals surface area contributed by atoms with E-state index in [1.165, 1.54) is 17.8 Å². The summed E-state index contributed by atoms with van der Waals surface area (Å²) in [4.78, 5) is 11.9. The lowest BCUT2D eigenvalue weighted by molar-refractivity contribution is 0.0696. The Kier molecular flexibility index (Phi) is 4.22. The summed E-state index contributed by atoms with van der Waals surface area (Å²) in [5.41, 5.74) is 1.63. The van der Waals surface area contributed by atoms with Crippen molar-refractivity contribution >= 4 is 17.7 Å². The number of aryl methyl sites for hydroxylation is 1. The molecule has 0 saturated carbocycles. The third kappa shape index (κ3) is 3.35. The average molecular weight is 276 g/mol. The molecular weight excluding hydrogens is 263 g/mol. The lowest BCUT2D eigenvalue weighted by Crippen LogP contribution is -1.99. The van der Waals surface area contributed by atoms with E-state index in [1.54, 1.807) is 37.3 Å². The van der Waals surface area contributed by atoms with Crippen molar-refractivity contribution in [2.75, 3.05) is 0 Å². The summed E-state index contributed by atoms with van der Waals surface area (Å²) in [6.07, 6.45) is 0. The second kappa shape index (κ2) is 5.89. The normalized spacial score (nSPS) is 10.4. The van der Waals surface area contributed by atoms with E-state index >= 15 is 0 Å². The zero-order chi connectivity index (χ0) is 13.8. The predicted molar refractivity (Wildman–Crippen MR) is 74.1 cm³/mol. The third-order valence-electron chi connectivity index (χ3n) is 2.79. The van der Waals surface area contributed by atoms with E-state index < -0.39 is 5.97 Å². The first-order valence-electron chi connectivity index (χ1n) is 5.78. The summed E-state index contributed by atoms with van der Waals surface area (Å²) in [6, 6.07) is 11.8. The Labute approximate surface area is 115 Å². The Bertz CT molecular complexity index is 611. The van der Waals surface area contributed by atoms with Gasteiger partial charge in [-0.3, -0.25) is 0 Å². The van der Waals surface area contributed by atoms with Crippen molar-refractivity contribution in [3.05, 3.63) is 65.0 Å². The highest BCUT2D eigenvalue weighted by atomic mass is 32.2. The Hall–Kier alpha value is -1.81. The number of halogens is 1. The van der Waals surface area contributed by atoms with Gasteiger partial charge in [-0.25, -0.2) is 9.18 Å². The molecule has 0 heterocycles. The molecule has 0 fully saturated rings. The van der Waals surface area contributed by atoms with Gasteiger partial charge in [-0.2, -0.15) is 0 Å². The van der Waals surface area contributed by atoms with E-state index in [-0.39, 0.29) is 5.82 Å². The van der Waals surface area contributed by atoms with Crippen LogP contribution in [-0.2, 0) is 5.75 Å². The number of carboxylic acid groups (broad SMARTS) is 1. The molecule has 0 aliphatic heterocycles. The van der Waals surface area contributed by atoms with Gasteiger partial charge in [-0.15, -0.1) is 11.8 Å². The van der Waals surface area contributed by atoms with Crippen LogP contribution in [0.1, 0.15) is 21.5 Å². The van der Waals surface area contributed by atoms with Crippen molar-refractivity contribution in [1.29, 1.82) is 0 Å². The standard InChI is InChI=1S/C15H13FO2S/c1-10-6-7-12(8-13(10)15(17)18)19-9-11-4-2-3-5-14(11)16/h2-8H,9H2,1H3,(H,17,18). The van der Waals surface area contributed by atoms with E-state index in [1.807, 2.05) is 6.07 Å². The van der Waals surface area contributed by atoms with Crippen molar-refractivity contribution < 1.29 is 14.3 Å². The molecule has 0 bridgehead atoms. The molecule has 0 aliphatic carbocycles. The van der Waals surface area contributed by atoms with Crippen molar-refractivity contribution in [3.63, 3.8) is 0 Å². The van der Waals surface area contributed by atoms with Gasteiger partial charge in [0.1, 0.15) is 5.82 Å². The fourth-order valence-electron chi connectivity index (χ4n) is 1.70. The van der Waals surface area contributed by atoms with Gasteiger partial charge < -0.3 is 5.11 Å². The van der Waals surface area contributed by atoms with Crippen LogP contribution < -0.4 is 0 Å². The van der Waals surface area contributed by atoms with Gasteiger partial charge in [-0.05, 0) is 36.2 Å². The summed E-state index contributed by atoms with van der Waals surface area (Å²) >= 11 is 1.42. The highest BCUT2D eigenvalue weighted by Crippen LogP contribution is 2.26. The largest absolute Gasteiger partial charge is 0.478 e. The van der Waals surface area contributed by atoms with Crippen LogP contribution in [0.2, 0.25) is 0 Å². The van der Waals surface area contributed by atoms with E-state index in [4.69, 9.17) is 5.11 Å². The van der Waals surface area contributed by atoms with Gasteiger partial charge in [0.2, 0.25) is 0 Å². The maximum atomic E-state index is 13.5. The Morgan fingerprint density at radius 2 is 2.00 bits per heavy atom. The van der Waals surface area contributed by atoms with Crippen molar-refractivity contribution in [3.8, 4) is 0 Å². The lowest BCUT2D eigenvalue weighted by atomic mass is 10.1. The van der Waals surface area contributed by atoms with Gasteiger partial charge in [0, 0.05) is 10.6 Å². The summed E-state index contributed by atoms with van der Waals surface area (Å²) in [7, 11) is 0. The van der Waals surface area contributed by atoms with Gasteiger partial charge >= 0.3 is 5.97 Å². The number of aromatic carboxylic acids is 1. The first-order chi connectivity index (χ1) is 9.08. The smallest absolute Gasteiger partial charge is 0.335 e. The molecule has 19 heavy (non-hydrogen) atoms. The number of thioether (sulfide) groups is 1. The number of carboxylic acids is 1. The van der Waals surface area contributed by atoms with Crippen LogP contribution in [-0.4, -0.2) is 11.1 Å². The quantitative estimate of drug-likeness (QED) is 0.853. The minimum atomic E-state index is -0.939. The molecule has 2 nitrogen and oxygen atoms in total. The monoisotopic (exact) mass is 276 g/mol. The molecule has 0 amide bonds. The Balaban J connectivity index is 2.14. The molecule has 2 aromatic rings. The van der Waals surface area contributed by atoms with Crippen LogP contribution in [0.5, 0.6) is 0 Å².